The minimum atomic E-state index is -4.87. The molecule has 0 radical (unpaired) electrons. The predicted molar refractivity (Wildman–Crippen MR) is 90.9 cm³/mol. The third kappa shape index (κ3) is 4.10. The van der Waals surface area contributed by atoms with E-state index < -0.39 is 12.4 Å². The first-order valence-corrected chi connectivity index (χ1v) is 7.76. The van der Waals surface area contributed by atoms with Crippen LogP contribution in [0.25, 0.3) is 28.4 Å². The van der Waals surface area contributed by atoms with E-state index in [0.717, 1.165) is 18.0 Å². The summed E-state index contributed by atoms with van der Waals surface area (Å²) in [6, 6.07) is 0.810. The molecule has 27 heavy (non-hydrogen) atoms. The molecule has 3 aromatic heterocycles. The summed E-state index contributed by atoms with van der Waals surface area (Å²) in [5.41, 5.74) is 2.63. The fraction of sp³-hybridized carbons (Fsp3) is 0.235. The second kappa shape index (κ2) is 6.78. The first-order valence-electron chi connectivity index (χ1n) is 7.76. The largest absolute Gasteiger partial charge is 0.575 e. The monoisotopic (exact) mass is 377 g/mol. The highest BCUT2D eigenvalue weighted by Gasteiger charge is 2.32. The van der Waals surface area contributed by atoms with E-state index in [4.69, 9.17) is 0 Å². The van der Waals surface area contributed by atoms with Crippen molar-refractivity contribution in [1.29, 1.82) is 0 Å². The molecule has 0 saturated carbocycles. The van der Waals surface area contributed by atoms with E-state index >= 15 is 0 Å². The van der Waals surface area contributed by atoms with Gasteiger partial charge in [0.1, 0.15) is 5.69 Å². The molecule has 3 heterocycles. The molecule has 3 rings (SSSR count). The maximum atomic E-state index is 12.2. The zero-order chi connectivity index (χ0) is 19.8. The van der Waals surface area contributed by atoms with Crippen molar-refractivity contribution in [1.82, 2.24) is 24.7 Å². The molecular formula is C17H14F3N5O2. The second-order valence-electron chi connectivity index (χ2n) is 5.94. The Kier molecular flexibility index (Phi) is 4.64. The van der Waals surface area contributed by atoms with Crippen molar-refractivity contribution in [2.45, 2.75) is 27.1 Å². The van der Waals surface area contributed by atoms with Crippen molar-refractivity contribution in [3.63, 3.8) is 0 Å². The first kappa shape index (κ1) is 18.5. The number of alkyl halides is 3. The number of hydrogen-bond acceptors (Lipinski definition) is 6. The lowest BCUT2D eigenvalue weighted by atomic mass is 10.1. The van der Waals surface area contributed by atoms with Crippen molar-refractivity contribution in [3.8, 4) is 17.3 Å². The maximum absolute atomic E-state index is 12.2. The maximum Gasteiger partial charge on any atom is 0.575 e. The molecule has 3 aromatic rings. The van der Waals surface area contributed by atoms with Crippen LogP contribution in [0, 0.1) is 0 Å². The van der Waals surface area contributed by atoms with Gasteiger partial charge in [-0.3, -0.25) is 9.78 Å². The van der Waals surface area contributed by atoms with Gasteiger partial charge in [-0.05, 0) is 19.9 Å². The molecule has 0 aromatic carbocycles. The fourth-order valence-corrected chi connectivity index (χ4v) is 2.40. The van der Waals surface area contributed by atoms with E-state index in [1.807, 2.05) is 13.8 Å². The van der Waals surface area contributed by atoms with Gasteiger partial charge in [-0.15, -0.1) is 13.2 Å². The minimum absolute atomic E-state index is 0.219. The highest BCUT2D eigenvalue weighted by molar-refractivity contribution is 6.05. The van der Waals surface area contributed by atoms with Gasteiger partial charge in [0.15, 0.2) is 5.78 Å². The van der Waals surface area contributed by atoms with Gasteiger partial charge < -0.3 is 4.74 Å². The molecule has 0 spiro atoms. The van der Waals surface area contributed by atoms with Gasteiger partial charge in [-0.1, -0.05) is 5.57 Å². The third-order valence-corrected chi connectivity index (χ3v) is 3.44. The van der Waals surface area contributed by atoms with Crippen LogP contribution in [0.5, 0.6) is 6.01 Å². The number of Topliss-reactive ketones (excluding diaryl/α,β-unsaturated/α-hetero) is 1. The highest BCUT2D eigenvalue weighted by atomic mass is 19.4. The summed E-state index contributed by atoms with van der Waals surface area (Å²) < 4.78 is 41.8. The predicted octanol–water partition coefficient (Wildman–Crippen LogP) is 3.87. The molecule has 10 heteroatoms. The minimum Gasteiger partial charge on any atom is -0.371 e. The zero-order valence-corrected chi connectivity index (χ0v) is 14.6. The van der Waals surface area contributed by atoms with E-state index in [1.54, 1.807) is 16.9 Å². The molecule has 0 aliphatic rings. The van der Waals surface area contributed by atoms with Gasteiger partial charge in [0, 0.05) is 36.5 Å². The number of hydrogen-bond donors (Lipinski definition) is 0. The van der Waals surface area contributed by atoms with E-state index in [1.165, 1.54) is 13.1 Å². The number of carbonyl (C=O) groups excluding carboxylic acids is 1. The molecule has 0 fully saturated rings. The molecule has 7 nitrogen and oxygen atoms in total. The molecule has 0 unspecified atom stereocenters. The number of nitrogens with zero attached hydrogens (tertiary/aromatic N) is 5. The normalized spacial score (nSPS) is 11.5. The summed E-state index contributed by atoms with van der Waals surface area (Å²) in [7, 11) is 0. The Labute approximate surface area is 151 Å². The third-order valence-electron chi connectivity index (χ3n) is 3.44. The SMILES string of the molecule is CC(=O)c1nn(C=C(C)C)c2cnc(-c3cnc(OC(F)(F)F)nc3)cc12. The Morgan fingerprint density at radius 2 is 1.78 bits per heavy atom. The van der Waals surface area contributed by atoms with Crippen LogP contribution in [0.2, 0.25) is 0 Å². The quantitative estimate of drug-likeness (QED) is 0.642. The van der Waals surface area contributed by atoms with Gasteiger partial charge in [0.25, 0.3) is 0 Å². The summed E-state index contributed by atoms with van der Waals surface area (Å²) >= 11 is 0. The Morgan fingerprint density at radius 1 is 1.11 bits per heavy atom. The molecule has 0 bridgehead atoms. The smallest absolute Gasteiger partial charge is 0.371 e. The highest BCUT2D eigenvalue weighted by Crippen LogP contribution is 2.26. The number of aromatic nitrogens is 5. The molecule has 0 N–H and O–H groups in total. The van der Waals surface area contributed by atoms with Crippen LogP contribution in [-0.4, -0.2) is 36.9 Å². The Bertz CT molecular complexity index is 1040. The van der Waals surface area contributed by atoms with Gasteiger partial charge in [0.2, 0.25) is 0 Å². The molecule has 0 aliphatic heterocycles. The van der Waals surface area contributed by atoms with Crippen LogP contribution >= 0.6 is 0 Å². The summed E-state index contributed by atoms with van der Waals surface area (Å²) in [5, 5.41) is 4.86. The Balaban J connectivity index is 2.05. The zero-order valence-electron chi connectivity index (χ0n) is 14.6. The Hall–Kier alpha value is -3.30. The molecule has 0 saturated heterocycles. The van der Waals surface area contributed by atoms with E-state index in [-0.39, 0.29) is 11.5 Å². The van der Waals surface area contributed by atoms with Crippen molar-refractivity contribution < 1.29 is 22.7 Å². The summed E-state index contributed by atoms with van der Waals surface area (Å²) in [5.74, 6) is -0.219. The van der Waals surface area contributed by atoms with E-state index in [0.29, 0.717) is 22.2 Å². The first-order chi connectivity index (χ1) is 12.6. The lowest BCUT2D eigenvalue weighted by molar-refractivity contribution is -0.277. The number of halogens is 3. The number of ketones is 1. The number of allylic oxidation sites excluding steroid dienone is 1. The second-order valence-corrected chi connectivity index (χ2v) is 5.94. The van der Waals surface area contributed by atoms with Crippen molar-refractivity contribution in [3.05, 3.63) is 35.9 Å². The number of pyridine rings is 1. The topological polar surface area (TPSA) is 82.8 Å². The average molecular weight is 377 g/mol. The van der Waals surface area contributed by atoms with Crippen LogP contribution in [0.4, 0.5) is 13.2 Å². The summed E-state index contributed by atoms with van der Waals surface area (Å²) in [6.07, 6.45) is 0.757. The molecule has 140 valence electrons. The van der Waals surface area contributed by atoms with Gasteiger partial charge in [0.05, 0.1) is 17.4 Å². The Morgan fingerprint density at radius 3 is 2.33 bits per heavy atom. The van der Waals surface area contributed by atoms with Crippen LogP contribution in [-0.2, 0) is 0 Å². The average Bonchev–Trinajstić information content (AvgIpc) is 2.91. The number of ether oxygens (including phenoxy) is 1. The molecule has 0 atom stereocenters. The number of fused-ring (bicyclic) bond motifs is 1. The van der Waals surface area contributed by atoms with Gasteiger partial charge in [-0.2, -0.15) is 5.10 Å². The van der Waals surface area contributed by atoms with Crippen molar-refractivity contribution in [2.75, 3.05) is 0 Å². The lowest BCUT2D eigenvalue weighted by Crippen LogP contribution is -2.18. The van der Waals surface area contributed by atoms with Crippen LogP contribution in [0.15, 0.2) is 30.2 Å². The fourth-order valence-electron chi connectivity index (χ4n) is 2.40. The summed E-state index contributed by atoms with van der Waals surface area (Å²) in [4.78, 5) is 23.3. The number of rotatable bonds is 4. The van der Waals surface area contributed by atoms with Crippen LogP contribution in [0.1, 0.15) is 31.3 Å². The van der Waals surface area contributed by atoms with Crippen molar-refractivity contribution >= 4 is 22.9 Å². The molecular weight excluding hydrogens is 363 g/mol. The van der Waals surface area contributed by atoms with E-state index in [2.05, 4.69) is 24.8 Å². The number of carbonyl (C=O) groups is 1. The van der Waals surface area contributed by atoms with Gasteiger partial charge >= 0.3 is 12.4 Å². The van der Waals surface area contributed by atoms with Crippen LogP contribution in [0.3, 0.4) is 0 Å². The van der Waals surface area contributed by atoms with Crippen molar-refractivity contribution in [2.24, 2.45) is 0 Å². The standard InChI is InChI=1S/C17H14F3N5O2/c1-9(2)8-25-14-7-21-13(4-12(14)15(24-25)10(3)26)11-5-22-16(23-6-11)27-17(18,19)20/h4-8H,1-3H3. The summed E-state index contributed by atoms with van der Waals surface area (Å²) in [6.45, 7) is 5.19. The van der Waals surface area contributed by atoms with E-state index in [9.17, 15) is 18.0 Å². The van der Waals surface area contributed by atoms with Crippen LogP contribution < -0.4 is 4.74 Å². The molecule has 0 aliphatic carbocycles. The lowest BCUT2D eigenvalue weighted by Gasteiger charge is -2.07. The molecule has 0 amide bonds. The van der Waals surface area contributed by atoms with Gasteiger partial charge in [-0.25, -0.2) is 14.6 Å².